The molecule has 0 atom stereocenters. The molecule has 1 rings (SSSR count). The molecule has 1 aromatic heterocycles. The fourth-order valence-corrected chi connectivity index (χ4v) is 0.883. The summed E-state index contributed by atoms with van der Waals surface area (Å²) in [7, 11) is 0. The molecule has 0 saturated heterocycles. The van der Waals surface area contributed by atoms with Gasteiger partial charge in [-0.25, -0.2) is 4.98 Å². The number of carbonyl (C=O) groups excluding carboxylic acids is 1. The Labute approximate surface area is 95.7 Å². The number of aromatic nitrogens is 2. The first-order chi connectivity index (χ1) is 7.81. The number of unbranched alkanes of at least 4 members (excludes halogenated alkanes) is 2. The van der Waals surface area contributed by atoms with Crippen LogP contribution in [0.2, 0.25) is 0 Å². The third-order valence-electron chi connectivity index (χ3n) is 1.71. The van der Waals surface area contributed by atoms with Crippen molar-refractivity contribution in [2.24, 2.45) is 5.90 Å². The van der Waals surface area contributed by atoms with Gasteiger partial charge >= 0.3 is 5.97 Å². The quantitative estimate of drug-likeness (QED) is 0.456. The van der Waals surface area contributed by atoms with Gasteiger partial charge in [-0.1, -0.05) is 31.9 Å². The third kappa shape index (κ3) is 10.5. The van der Waals surface area contributed by atoms with Gasteiger partial charge in [0.05, 0.1) is 12.7 Å². The second-order valence-electron chi connectivity index (χ2n) is 3.07. The predicted octanol–water partition coefficient (Wildman–Crippen LogP) is 1.95. The second-order valence-corrected chi connectivity index (χ2v) is 3.07. The predicted molar refractivity (Wildman–Crippen MR) is 62.1 cm³/mol. The number of hydrogen-bond acceptors (Lipinski definition) is 4. The van der Waals surface area contributed by atoms with Crippen LogP contribution in [0, 0.1) is 0 Å². The molecule has 0 amide bonds. The van der Waals surface area contributed by atoms with Crippen LogP contribution in [-0.4, -0.2) is 15.9 Å². The Morgan fingerprint density at radius 1 is 1.56 bits per heavy atom. The molecule has 0 fully saturated rings. The van der Waals surface area contributed by atoms with Crippen molar-refractivity contribution in [3.63, 3.8) is 0 Å². The molecule has 5 nitrogen and oxygen atoms in total. The van der Waals surface area contributed by atoms with E-state index in [0.29, 0.717) is 0 Å². The summed E-state index contributed by atoms with van der Waals surface area (Å²) < 4.78 is 0. The first-order valence-electron chi connectivity index (χ1n) is 5.28. The summed E-state index contributed by atoms with van der Waals surface area (Å²) in [5.41, 5.74) is 0. The average molecular weight is 225 g/mol. The Balaban J connectivity index is 0.000000368. The van der Waals surface area contributed by atoms with Crippen LogP contribution in [0.3, 0.4) is 0 Å². The molecule has 90 valence electrons. The van der Waals surface area contributed by atoms with E-state index in [-0.39, 0.29) is 6.42 Å². The van der Waals surface area contributed by atoms with Gasteiger partial charge in [-0.15, -0.1) is 0 Å². The van der Waals surface area contributed by atoms with E-state index >= 15 is 0 Å². The van der Waals surface area contributed by atoms with E-state index in [1.54, 1.807) is 24.8 Å². The zero-order valence-corrected chi connectivity index (χ0v) is 9.56. The van der Waals surface area contributed by atoms with E-state index in [0.717, 1.165) is 12.8 Å². The highest BCUT2D eigenvalue weighted by molar-refractivity contribution is 5.70. The lowest BCUT2D eigenvalue weighted by molar-refractivity contribution is -0.143. The second kappa shape index (κ2) is 11.5. The topological polar surface area (TPSA) is 81.0 Å². The Bertz CT molecular complexity index is 254. The van der Waals surface area contributed by atoms with Crippen LogP contribution in [0.1, 0.15) is 32.6 Å². The molecule has 0 aliphatic rings. The van der Waals surface area contributed by atoms with Crippen LogP contribution in [-0.2, 0) is 9.63 Å². The Morgan fingerprint density at radius 2 is 2.38 bits per heavy atom. The SMILES string of the molecule is CCCCC=CCC(=O)ON.c1c[nH]cn1. The van der Waals surface area contributed by atoms with E-state index in [9.17, 15) is 4.79 Å². The minimum Gasteiger partial charge on any atom is -0.373 e. The van der Waals surface area contributed by atoms with Crippen molar-refractivity contribution in [1.29, 1.82) is 0 Å². The lowest BCUT2D eigenvalue weighted by atomic mass is 10.2. The van der Waals surface area contributed by atoms with E-state index in [1.165, 1.54) is 6.42 Å². The highest BCUT2D eigenvalue weighted by Gasteiger charge is 1.93. The smallest absolute Gasteiger partial charge is 0.328 e. The van der Waals surface area contributed by atoms with E-state index in [4.69, 9.17) is 0 Å². The minimum atomic E-state index is -0.391. The van der Waals surface area contributed by atoms with Gasteiger partial charge in [0.2, 0.25) is 0 Å². The van der Waals surface area contributed by atoms with Crippen molar-refractivity contribution in [1.82, 2.24) is 9.97 Å². The summed E-state index contributed by atoms with van der Waals surface area (Å²) >= 11 is 0. The van der Waals surface area contributed by atoms with Gasteiger partial charge in [-0.2, -0.15) is 5.90 Å². The van der Waals surface area contributed by atoms with Gasteiger partial charge < -0.3 is 9.82 Å². The number of carbonyl (C=O) groups is 1. The third-order valence-corrected chi connectivity index (χ3v) is 1.71. The monoisotopic (exact) mass is 225 g/mol. The number of hydrogen-bond donors (Lipinski definition) is 2. The van der Waals surface area contributed by atoms with Crippen molar-refractivity contribution in [3.8, 4) is 0 Å². The molecule has 0 aliphatic heterocycles. The molecular formula is C11H19N3O2. The van der Waals surface area contributed by atoms with Crippen LogP contribution >= 0.6 is 0 Å². The van der Waals surface area contributed by atoms with Gasteiger partial charge in [0.1, 0.15) is 0 Å². The molecule has 0 saturated carbocycles. The van der Waals surface area contributed by atoms with Crippen LogP contribution in [0.5, 0.6) is 0 Å². The number of nitrogens with two attached hydrogens (primary N) is 1. The van der Waals surface area contributed by atoms with Gasteiger partial charge in [0, 0.05) is 12.4 Å². The number of nitrogens with zero attached hydrogens (tertiary/aromatic N) is 1. The molecule has 16 heavy (non-hydrogen) atoms. The molecule has 0 bridgehead atoms. The summed E-state index contributed by atoms with van der Waals surface area (Å²) in [6, 6.07) is 0. The fraction of sp³-hybridized carbons (Fsp3) is 0.455. The molecule has 1 heterocycles. The highest BCUT2D eigenvalue weighted by atomic mass is 16.7. The number of imidazole rings is 1. The van der Waals surface area contributed by atoms with Crippen LogP contribution in [0.25, 0.3) is 0 Å². The molecule has 5 heteroatoms. The summed E-state index contributed by atoms with van der Waals surface area (Å²) in [5, 5.41) is 0. The molecule has 0 radical (unpaired) electrons. The van der Waals surface area contributed by atoms with Gasteiger partial charge in [0.15, 0.2) is 0 Å². The number of H-pyrrole nitrogens is 1. The van der Waals surface area contributed by atoms with Crippen molar-refractivity contribution >= 4 is 5.97 Å². The van der Waals surface area contributed by atoms with Gasteiger partial charge in [-0.05, 0) is 6.42 Å². The molecule has 1 aromatic rings. The van der Waals surface area contributed by atoms with E-state index in [1.807, 2.05) is 6.08 Å². The zero-order valence-electron chi connectivity index (χ0n) is 9.56. The number of aromatic amines is 1. The molecule has 0 spiro atoms. The van der Waals surface area contributed by atoms with Crippen molar-refractivity contribution in [2.45, 2.75) is 32.6 Å². The van der Waals surface area contributed by atoms with Crippen molar-refractivity contribution in [2.75, 3.05) is 0 Å². The lowest BCUT2D eigenvalue weighted by Crippen LogP contribution is -2.07. The number of nitrogens with one attached hydrogen (secondary N) is 1. The molecular weight excluding hydrogens is 206 g/mol. The van der Waals surface area contributed by atoms with Gasteiger partial charge in [0.25, 0.3) is 0 Å². The van der Waals surface area contributed by atoms with Crippen molar-refractivity contribution in [3.05, 3.63) is 30.9 Å². The standard InChI is InChI=1S/C8H15NO2.C3H4N2/c1-2-3-4-5-6-7-8(10)11-9;1-2-5-3-4-1/h5-6H,2-4,7,9H2,1H3;1-3H,(H,4,5). The Kier molecular flexibility index (Phi) is 10.3. The maximum absolute atomic E-state index is 10.4. The Morgan fingerprint density at radius 3 is 2.81 bits per heavy atom. The number of allylic oxidation sites excluding steroid dienone is 1. The summed E-state index contributed by atoms with van der Waals surface area (Å²) in [6.07, 6.45) is 12.5. The van der Waals surface area contributed by atoms with Crippen molar-refractivity contribution < 1.29 is 9.63 Å². The normalized spacial score (nSPS) is 9.62. The number of rotatable bonds is 5. The van der Waals surface area contributed by atoms with Crippen LogP contribution in [0.4, 0.5) is 0 Å². The minimum absolute atomic E-state index is 0.278. The molecule has 0 aliphatic carbocycles. The highest BCUT2D eigenvalue weighted by Crippen LogP contribution is 1.96. The Hall–Kier alpha value is -1.62. The zero-order chi connectivity index (χ0) is 12.1. The largest absolute Gasteiger partial charge is 0.373 e. The van der Waals surface area contributed by atoms with E-state index < -0.39 is 5.97 Å². The van der Waals surface area contributed by atoms with Gasteiger partial charge in [-0.3, -0.25) is 4.79 Å². The maximum Gasteiger partial charge on any atom is 0.328 e. The fourth-order valence-electron chi connectivity index (χ4n) is 0.883. The van der Waals surface area contributed by atoms with E-state index in [2.05, 4.69) is 27.6 Å². The molecule has 3 N–H and O–H groups in total. The molecule has 0 aromatic carbocycles. The van der Waals surface area contributed by atoms with Crippen LogP contribution in [0.15, 0.2) is 30.9 Å². The maximum atomic E-state index is 10.4. The average Bonchev–Trinajstić information content (AvgIpc) is 2.87. The lowest BCUT2D eigenvalue weighted by Gasteiger charge is -1.91. The van der Waals surface area contributed by atoms with Crippen LogP contribution < -0.4 is 5.90 Å². The molecule has 0 unspecified atom stereocenters. The summed E-state index contributed by atoms with van der Waals surface area (Å²) in [6.45, 7) is 2.13. The first kappa shape index (κ1) is 14.4. The first-order valence-corrected chi connectivity index (χ1v) is 5.28. The summed E-state index contributed by atoms with van der Waals surface area (Å²) in [4.78, 5) is 20.8. The summed E-state index contributed by atoms with van der Waals surface area (Å²) in [5.74, 6) is 4.24.